The van der Waals surface area contributed by atoms with Crippen LogP contribution in [0.5, 0.6) is 0 Å². The first-order chi connectivity index (χ1) is 9.70. The lowest BCUT2D eigenvalue weighted by Gasteiger charge is -2.13. The van der Waals surface area contributed by atoms with Gasteiger partial charge in [-0.15, -0.1) is 0 Å². The highest BCUT2D eigenvalue weighted by Crippen LogP contribution is 2.31. The molecule has 0 atom stereocenters. The second kappa shape index (κ2) is 6.16. The van der Waals surface area contributed by atoms with Crippen molar-refractivity contribution in [2.75, 3.05) is 10.5 Å². The van der Waals surface area contributed by atoms with Crippen molar-refractivity contribution >= 4 is 64.9 Å². The summed E-state index contributed by atoms with van der Waals surface area (Å²) in [5, 5.41) is 0.302. The van der Waals surface area contributed by atoms with Gasteiger partial charge in [0.25, 0.3) is 10.0 Å². The number of hydrogen-bond donors (Lipinski definition) is 2. The first-order valence-electron chi connectivity index (χ1n) is 5.74. The Labute approximate surface area is 145 Å². The summed E-state index contributed by atoms with van der Waals surface area (Å²) < 4.78 is 28.8. The van der Waals surface area contributed by atoms with Crippen LogP contribution >= 0.6 is 43.5 Å². The van der Waals surface area contributed by atoms with Crippen LogP contribution in [0.3, 0.4) is 0 Å². The standard InChI is InChI=1S/C13H11Br2ClN2O2S/c1-7-4-9(15)11(17)6-13(7)21(19,20)18-12-3-2-8(14)5-10(12)16/h2-6,18H,17H2,1H3. The monoisotopic (exact) mass is 452 g/mol. The number of halogens is 3. The van der Waals surface area contributed by atoms with Crippen LogP contribution in [0.4, 0.5) is 11.4 Å². The number of nitrogens with two attached hydrogens (primary N) is 1. The van der Waals surface area contributed by atoms with Gasteiger partial charge in [0.05, 0.1) is 15.6 Å². The van der Waals surface area contributed by atoms with Gasteiger partial charge in [-0.05, 0) is 58.7 Å². The summed E-state index contributed by atoms with van der Waals surface area (Å²) in [5.74, 6) is 0. The highest BCUT2D eigenvalue weighted by atomic mass is 79.9. The van der Waals surface area contributed by atoms with Gasteiger partial charge in [-0.25, -0.2) is 8.42 Å². The topological polar surface area (TPSA) is 72.2 Å². The van der Waals surface area contributed by atoms with Crippen molar-refractivity contribution in [2.24, 2.45) is 0 Å². The molecule has 0 fully saturated rings. The first kappa shape index (κ1) is 16.6. The molecule has 4 nitrogen and oxygen atoms in total. The van der Waals surface area contributed by atoms with Crippen molar-refractivity contribution in [1.29, 1.82) is 0 Å². The number of benzene rings is 2. The van der Waals surface area contributed by atoms with Gasteiger partial charge < -0.3 is 5.73 Å². The molecule has 0 aliphatic rings. The minimum atomic E-state index is -3.77. The Kier molecular flexibility index (Phi) is 4.87. The lowest BCUT2D eigenvalue weighted by molar-refractivity contribution is 0.600. The molecule has 21 heavy (non-hydrogen) atoms. The Morgan fingerprint density at radius 2 is 1.86 bits per heavy atom. The van der Waals surface area contributed by atoms with Gasteiger partial charge in [0.1, 0.15) is 0 Å². The number of hydrogen-bond acceptors (Lipinski definition) is 3. The summed E-state index contributed by atoms with van der Waals surface area (Å²) in [7, 11) is -3.77. The zero-order valence-electron chi connectivity index (χ0n) is 10.8. The molecule has 0 spiro atoms. The van der Waals surface area contributed by atoms with Crippen LogP contribution in [-0.4, -0.2) is 8.42 Å². The molecule has 0 amide bonds. The third kappa shape index (κ3) is 3.71. The Morgan fingerprint density at radius 3 is 2.48 bits per heavy atom. The van der Waals surface area contributed by atoms with Crippen LogP contribution in [0.25, 0.3) is 0 Å². The van der Waals surface area contributed by atoms with Crippen LogP contribution < -0.4 is 10.5 Å². The summed E-state index contributed by atoms with van der Waals surface area (Å²) >= 11 is 12.6. The lowest BCUT2D eigenvalue weighted by Crippen LogP contribution is -2.15. The molecule has 0 heterocycles. The molecule has 0 aliphatic heterocycles. The average molecular weight is 455 g/mol. The Bertz CT molecular complexity index is 810. The summed E-state index contributed by atoms with van der Waals surface area (Å²) in [6.45, 7) is 1.70. The lowest BCUT2D eigenvalue weighted by atomic mass is 10.2. The molecule has 3 N–H and O–H groups in total. The first-order valence-corrected chi connectivity index (χ1v) is 9.19. The van der Waals surface area contributed by atoms with E-state index in [9.17, 15) is 8.42 Å². The average Bonchev–Trinajstić information content (AvgIpc) is 2.37. The van der Waals surface area contributed by atoms with Crippen LogP contribution in [0.2, 0.25) is 5.02 Å². The molecule has 0 aliphatic carbocycles. The van der Waals surface area contributed by atoms with Crippen LogP contribution in [0.15, 0.2) is 44.2 Å². The summed E-state index contributed by atoms with van der Waals surface area (Å²) in [4.78, 5) is 0.113. The van der Waals surface area contributed by atoms with E-state index in [1.165, 1.54) is 6.07 Å². The fraction of sp³-hybridized carbons (Fsp3) is 0.0769. The van der Waals surface area contributed by atoms with Crippen LogP contribution in [-0.2, 0) is 10.0 Å². The zero-order chi connectivity index (χ0) is 15.8. The number of nitrogens with one attached hydrogen (secondary N) is 1. The van der Waals surface area contributed by atoms with Crippen LogP contribution in [0.1, 0.15) is 5.56 Å². The second-order valence-electron chi connectivity index (χ2n) is 4.37. The van der Waals surface area contributed by atoms with Gasteiger partial charge in [-0.3, -0.25) is 4.72 Å². The van der Waals surface area contributed by atoms with E-state index in [4.69, 9.17) is 17.3 Å². The van der Waals surface area contributed by atoms with Crippen molar-refractivity contribution in [3.05, 3.63) is 49.9 Å². The maximum atomic E-state index is 12.5. The number of rotatable bonds is 3. The molecule has 8 heteroatoms. The van der Waals surface area contributed by atoms with E-state index < -0.39 is 10.0 Å². The van der Waals surface area contributed by atoms with E-state index in [0.29, 0.717) is 26.4 Å². The maximum absolute atomic E-state index is 12.5. The summed E-state index contributed by atoms with van der Waals surface area (Å²) in [5.41, 5.74) is 6.99. The van der Waals surface area contributed by atoms with Gasteiger partial charge in [0.2, 0.25) is 0 Å². The SMILES string of the molecule is Cc1cc(Br)c(N)cc1S(=O)(=O)Nc1ccc(Br)cc1Cl. The fourth-order valence-electron chi connectivity index (χ4n) is 1.73. The Morgan fingerprint density at radius 1 is 1.19 bits per heavy atom. The molecular formula is C13H11Br2ClN2O2S. The van der Waals surface area contributed by atoms with Gasteiger partial charge >= 0.3 is 0 Å². The maximum Gasteiger partial charge on any atom is 0.262 e. The van der Waals surface area contributed by atoms with Gasteiger partial charge in [-0.1, -0.05) is 27.5 Å². The molecule has 2 aromatic carbocycles. The van der Waals surface area contributed by atoms with E-state index in [1.807, 2.05) is 0 Å². The Balaban J connectivity index is 2.46. The number of sulfonamides is 1. The van der Waals surface area contributed by atoms with E-state index in [0.717, 1.165) is 4.47 Å². The minimum Gasteiger partial charge on any atom is -0.398 e. The number of nitrogen functional groups attached to an aromatic ring is 1. The molecule has 0 unspecified atom stereocenters. The molecule has 0 aromatic heterocycles. The Hall–Kier alpha value is -0.760. The van der Waals surface area contributed by atoms with E-state index >= 15 is 0 Å². The summed E-state index contributed by atoms with van der Waals surface area (Å²) in [6, 6.07) is 7.97. The molecule has 2 aromatic rings. The largest absolute Gasteiger partial charge is 0.398 e. The van der Waals surface area contributed by atoms with E-state index in [-0.39, 0.29) is 4.90 Å². The zero-order valence-corrected chi connectivity index (χ0v) is 15.6. The summed E-state index contributed by atoms with van der Waals surface area (Å²) in [6.07, 6.45) is 0. The van der Waals surface area contributed by atoms with Crippen molar-refractivity contribution in [3.8, 4) is 0 Å². The van der Waals surface area contributed by atoms with Crippen LogP contribution in [0, 0.1) is 6.92 Å². The highest BCUT2D eigenvalue weighted by molar-refractivity contribution is 9.10. The third-order valence-corrected chi connectivity index (χ3v) is 5.76. The molecule has 2 rings (SSSR count). The molecular weight excluding hydrogens is 443 g/mol. The molecule has 0 saturated heterocycles. The number of anilines is 2. The fourth-order valence-corrected chi connectivity index (χ4v) is 4.31. The van der Waals surface area contributed by atoms with E-state index in [2.05, 4.69) is 36.6 Å². The van der Waals surface area contributed by atoms with Crippen molar-refractivity contribution in [2.45, 2.75) is 11.8 Å². The minimum absolute atomic E-state index is 0.113. The predicted molar refractivity (Wildman–Crippen MR) is 93.3 cm³/mol. The quantitative estimate of drug-likeness (QED) is 0.668. The highest BCUT2D eigenvalue weighted by Gasteiger charge is 2.19. The molecule has 0 saturated carbocycles. The normalized spacial score (nSPS) is 11.4. The van der Waals surface area contributed by atoms with Crippen molar-refractivity contribution in [1.82, 2.24) is 0 Å². The molecule has 0 bridgehead atoms. The van der Waals surface area contributed by atoms with Gasteiger partial charge in [0.15, 0.2) is 0 Å². The predicted octanol–water partition coefficient (Wildman–Crippen LogP) is 4.56. The second-order valence-corrected chi connectivity index (χ2v) is 8.20. The third-order valence-electron chi connectivity index (χ3n) is 2.76. The number of aryl methyl sites for hydroxylation is 1. The van der Waals surface area contributed by atoms with Gasteiger partial charge in [0, 0.05) is 14.6 Å². The smallest absolute Gasteiger partial charge is 0.262 e. The van der Waals surface area contributed by atoms with Crippen molar-refractivity contribution < 1.29 is 8.42 Å². The van der Waals surface area contributed by atoms with Crippen molar-refractivity contribution in [3.63, 3.8) is 0 Å². The molecule has 0 radical (unpaired) electrons. The van der Waals surface area contributed by atoms with Gasteiger partial charge in [-0.2, -0.15) is 0 Å². The molecule has 112 valence electrons. The van der Waals surface area contributed by atoms with E-state index in [1.54, 1.807) is 31.2 Å².